The van der Waals surface area contributed by atoms with Gasteiger partial charge >= 0.3 is 6.09 Å². The molecule has 10 heteroatoms. The van der Waals surface area contributed by atoms with E-state index < -0.39 is 6.09 Å². The lowest BCUT2D eigenvalue weighted by Gasteiger charge is -2.15. The summed E-state index contributed by atoms with van der Waals surface area (Å²) in [7, 11) is 4.53. The van der Waals surface area contributed by atoms with Gasteiger partial charge in [-0.3, -0.25) is 4.90 Å². The number of hydrogen-bond acceptors (Lipinski definition) is 7. The van der Waals surface area contributed by atoms with E-state index in [1.165, 1.54) is 17.8 Å². The number of amides is 1. The molecule has 1 N–H and O–H groups in total. The fourth-order valence-corrected chi connectivity index (χ4v) is 2.65. The van der Waals surface area contributed by atoms with Crippen LogP contribution in [-0.2, 0) is 6.61 Å². The van der Waals surface area contributed by atoms with Gasteiger partial charge < -0.3 is 24.1 Å². The van der Waals surface area contributed by atoms with Crippen LogP contribution in [0.1, 0.15) is 12.5 Å². The average molecular weight is 402 g/mol. The zero-order chi connectivity index (χ0) is 21.0. The highest BCUT2D eigenvalue weighted by Gasteiger charge is 2.15. The lowest BCUT2D eigenvalue weighted by molar-refractivity contribution is 0.203. The lowest BCUT2D eigenvalue weighted by Crippen LogP contribution is -2.23. The number of methoxy groups -OCH3 is 2. The van der Waals surface area contributed by atoms with Gasteiger partial charge in [0.2, 0.25) is 11.6 Å². The van der Waals surface area contributed by atoms with E-state index in [0.717, 1.165) is 10.5 Å². The molecule has 0 aliphatic rings. The van der Waals surface area contributed by atoms with Crippen LogP contribution in [0.4, 0.5) is 10.6 Å². The fraction of sp³-hybridized carbons (Fsp3) is 0.316. The van der Waals surface area contributed by atoms with E-state index >= 15 is 0 Å². The Morgan fingerprint density at radius 1 is 1.17 bits per heavy atom. The third kappa shape index (κ3) is 4.26. The molecule has 0 saturated carbocycles. The quantitative estimate of drug-likeness (QED) is 0.613. The van der Waals surface area contributed by atoms with Gasteiger partial charge in [-0.2, -0.15) is 0 Å². The Hall–Kier alpha value is -3.69. The summed E-state index contributed by atoms with van der Waals surface area (Å²) in [5.41, 5.74) is 1.31. The monoisotopic (exact) mass is 402 g/mol. The molecule has 0 atom stereocenters. The zero-order valence-electron chi connectivity index (χ0n) is 16.6. The van der Waals surface area contributed by atoms with Gasteiger partial charge in [0, 0.05) is 13.1 Å². The van der Waals surface area contributed by atoms with Crippen molar-refractivity contribution in [3.05, 3.63) is 36.0 Å². The van der Waals surface area contributed by atoms with Crippen LogP contribution >= 0.6 is 0 Å². The molecule has 2 heterocycles. The molecule has 0 aliphatic carbocycles. The van der Waals surface area contributed by atoms with Crippen LogP contribution in [0.25, 0.3) is 5.65 Å². The Morgan fingerprint density at radius 2 is 1.86 bits per heavy atom. The molecule has 0 saturated heterocycles. The van der Waals surface area contributed by atoms with E-state index in [2.05, 4.69) is 10.1 Å². The molecule has 10 nitrogen and oxygen atoms in total. The number of ether oxygens (including phenoxy) is 4. The molecule has 0 spiro atoms. The molecule has 0 fully saturated rings. The fourth-order valence-electron chi connectivity index (χ4n) is 2.65. The van der Waals surface area contributed by atoms with Crippen molar-refractivity contribution in [2.24, 2.45) is 0 Å². The highest BCUT2D eigenvalue weighted by Crippen LogP contribution is 2.38. The Bertz CT molecular complexity index is 994. The molecule has 29 heavy (non-hydrogen) atoms. The maximum Gasteiger partial charge on any atom is 0.412 e. The van der Waals surface area contributed by atoms with Crippen LogP contribution < -0.4 is 23.8 Å². The number of anilines is 1. The third-order valence-electron chi connectivity index (χ3n) is 4.11. The minimum absolute atomic E-state index is 0.216. The van der Waals surface area contributed by atoms with Gasteiger partial charge in [-0.25, -0.2) is 14.3 Å². The second-order valence-electron chi connectivity index (χ2n) is 5.97. The molecule has 154 valence electrons. The molecule has 2 aromatic heterocycles. The largest absolute Gasteiger partial charge is 0.493 e. The number of rotatable bonds is 8. The van der Waals surface area contributed by atoms with Crippen LogP contribution in [0.2, 0.25) is 0 Å². The van der Waals surface area contributed by atoms with Gasteiger partial charge in [-0.05, 0) is 30.7 Å². The molecule has 1 aromatic carbocycles. The first kappa shape index (κ1) is 20.1. The van der Waals surface area contributed by atoms with Gasteiger partial charge in [0.05, 0.1) is 27.0 Å². The number of imidazole rings is 1. The van der Waals surface area contributed by atoms with E-state index in [0.29, 0.717) is 35.4 Å². The van der Waals surface area contributed by atoms with Crippen molar-refractivity contribution in [2.45, 2.75) is 13.5 Å². The smallest absolute Gasteiger partial charge is 0.412 e. The highest BCUT2D eigenvalue weighted by atomic mass is 16.5. The maximum absolute atomic E-state index is 11.1. The molecule has 1 amide bonds. The summed E-state index contributed by atoms with van der Waals surface area (Å²) in [5.74, 6) is 2.25. The van der Waals surface area contributed by atoms with Crippen LogP contribution in [0.15, 0.2) is 30.5 Å². The molecule has 0 aliphatic heterocycles. The first-order valence-corrected chi connectivity index (χ1v) is 8.80. The molecule has 3 rings (SSSR count). The summed E-state index contributed by atoms with van der Waals surface area (Å²) >= 11 is 0. The van der Waals surface area contributed by atoms with E-state index in [-0.39, 0.29) is 12.4 Å². The summed E-state index contributed by atoms with van der Waals surface area (Å²) in [6.45, 7) is 2.58. The SMILES string of the molecule is CCOc1c(OC)cc(COc2ccc3nc(N(C)C(=O)O)cn3n2)cc1OC. The second-order valence-corrected chi connectivity index (χ2v) is 5.97. The maximum atomic E-state index is 11.1. The van der Waals surface area contributed by atoms with E-state index in [1.807, 2.05) is 19.1 Å². The number of aromatic nitrogens is 3. The van der Waals surface area contributed by atoms with E-state index in [9.17, 15) is 4.79 Å². The summed E-state index contributed by atoms with van der Waals surface area (Å²) in [4.78, 5) is 16.3. The summed E-state index contributed by atoms with van der Waals surface area (Å²) in [6, 6.07) is 6.98. The molecule has 0 unspecified atom stereocenters. The van der Waals surface area contributed by atoms with E-state index in [1.54, 1.807) is 26.4 Å². The second kappa shape index (κ2) is 8.55. The summed E-state index contributed by atoms with van der Waals surface area (Å²) in [6.07, 6.45) is 0.405. The van der Waals surface area contributed by atoms with Crippen molar-refractivity contribution in [2.75, 3.05) is 32.8 Å². The first-order valence-electron chi connectivity index (χ1n) is 8.80. The van der Waals surface area contributed by atoms with Gasteiger partial charge in [0.15, 0.2) is 23.0 Å². The van der Waals surface area contributed by atoms with Crippen LogP contribution in [-0.4, -0.2) is 53.7 Å². The standard InChI is InChI=1S/C19H22N4O6/c1-5-28-18-13(26-3)8-12(9-14(18)27-4)11-29-17-7-6-15-20-16(10-23(15)21-17)22(2)19(24)25/h6-10H,5,11H2,1-4H3,(H,24,25). The minimum atomic E-state index is -1.11. The van der Waals surface area contributed by atoms with Gasteiger partial charge in [-0.1, -0.05) is 0 Å². The Morgan fingerprint density at radius 3 is 2.45 bits per heavy atom. The summed E-state index contributed by atoms with van der Waals surface area (Å²) in [5, 5.41) is 13.4. The number of benzene rings is 1. The predicted molar refractivity (Wildman–Crippen MR) is 104 cm³/mol. The summed E-state index contributed by atoms with van der Waals surface area (Å²) < 4.78 is 23.6. The normalized spacial score (nSPS) is 10.6. The van der Waals surface area contributed by atoms with Crippen LogP contribution in [0.5, 0.6) is 23.1 Å². The molecular formula is C19H22N4O6. The van der Waals surface area contributed by atoms with E-state index in [4.69, 9.17) is 24.1 Å². The predicted octanol–water partition coefficient (Wildman–Crippen LogP) is 2.84. The number of nitrogens with zero attached hydrogens (tertiary/aromatic N) is 4. The number of fused-ring (bicyclic) bond motifs is 1. The lowest BCUT2D eigenvalue weighted by atomic mass is 10.2. The topological polar surface area (TPSA) is 108 Å². The Kier molecular flexibility index (Phi) is 5.91. The van der Waals surface area contributed by atoms with Crippen LogP contribution in [0, 0.1) is 0 Å². The van der Waals surface area contributed by atoms with Crippen molar-refractivity contribution >= 4 is 17.6 Å². The number of carbonyl (C=O) groups is 1. The van der Waals surface area contributed by atoms with Crippen molar-refractivity contribution < 1.29 is 28.8 Å². The van der Waals surface area contributed by atoms with Crippen molar-refractivity contribution in [3.63, 3.8) is 0 Å². The third-order valence-corrected chi connectivity index (χ3v) is 4.11. The number of hydrogen-bond donors (Lipinski definition) is 1. The van der Waals surface area contributed by atoms with Gasteiger partial charge in [0.1, 0.15) is 6.61 Å². The highest BCUT2D eigenvalue weighted by molar-refractivity contribution is 5.84. The molecular weight excluding hydrogens is 380 g/mol. The molecule has 3 aromatic rings. The Balaban J connectivity index is 1.80. The zero-order valence-corrected chi connectivity index (χ0v) is 16.6. The Labute approximate surface area is 167 Å². The first-order chi connectivity index (χ1) is 14.0. The van der Waals surface area contributed by atoms with Gasteiger partial charge in [-0.15, -0.1) is 5.10 Å². The molecule has 0 radical (unpaired) electrons. The van der Waals surface area contributed by atoms with Crippen molar-refractivity contribution in [3.8, 4) is 23.1 Å². The minimum Gasteiger partial charge on any atom is -0.493 e. The van der Waals surface area contributed by atoms with Gasteiger partial charge in [0.25, 0.3) is 0 Å². The molecule has 0 bridgehead atoms. The van der Waals surface area contributed by atoms with Crippen LogP contribution in [0.3, 0.4) is 0 Å². The van der Waals surface area contributed by atoms with Crippen molar-refractivity contribution in [1.82, 2.24) is 14.6 Å². The average Bonchev–Trinajstić information content (AvgIpc) is 3.15. The van der Waals surface area contributed by atoms with Crippen molar-refractivity contribution in [1.29, 1.82) is 0 Å². The number of carboxylic acid groups (broad SMARTS) is 1.